The van der Waals surface area contributed by atoms with Crippen molar-refractivity contribution in [3.05, 3.63) is 58.9 Å². The highest BCUT2D eigenvalue weighted by Crippen LogP contribution is 2.26. The van der Waals surface area contributed by atoms with Gasteiger partial charge in [-0.05, 0) is 54.8 Å². The number of carbonyl (C=O) groups excluding carboxylic acids is 2. The minimum absolute atomic E-state index is 0. The Morgan fingerprint density at radius 3 is 2.81 bits per heavy atom. The van der Waals surface area contributed by atoms with Crippen LogP contribution in [0.2, 0.25) is 0 Å². The highest BCUT2D eigenvalue weighted by molar-refractivity contribution is 6.05. The molecule has 0 spiro atoms. The molecule has 2 amide bonds. The summed E-state index contributed by atoms with van der Waals surface area (Å²) in [5, 5.41) is 5.87. The lowest BCUT2D eigenvalue weighted by Gasteiger charge is -2.20. The van der Waals surface area contributed by atoms with Crippen LogP contribution in [-0.2, 0) is 17.8 Å². The van der Waals surface area contributed by atoms with Crippen molar-refractivity contribution in [3.8, 4) is 0 Å². The summed E-state index contributed by atoms with van der Waals surface area (Å²) in [5.74, 6) is -0.675. The van der Waals surface area contributed by atoms with Crippen LogP contribution in [0.3, 0.4) is 0 Å². The van der Waals surface area contributed by atoms with E-state index in [0.717, 1.165) is 18.5 Å². The lowest BCUT2D eigenvalue weighted by molar-refractivity contribution is -0.117. The second-order valence-corrected chi connectivity index (χ2v) is 6.64. The third-order valence-corrected chi connectivity index (χ3v) is 4.95. The summed E-state index contributed by atoms with van der Waals surface area (Å²) in [5.41, 5.74) is 2.90. The van der Waals surface area contributed by atoms with Gasteiger partial charge in [0.2, 0.25) is 5.91 Å². The summed E-state index contributed by atoms with van der Waals surface area (Å²) in [7, 11) is 0. The number of fused-ring (bicyclic) bond motifs is 1. The Labute approximate surface area is 163 Å². The molecule has 1 fully saturated rings. The molecule has 0 aromatic heterocycles. The molecule has 2 aliphatic heterocycles. The molecule has 7 heteroatoms. The fraction of sp³-hybridized carbons (Fsp3) is 0.300. The molecule has 1 saturated heterocycles. The number of rotatable bonds is 3. The molecule has 2 aromatic rings. The smallest absolute Gasteiger partial charge is 0.255 e. The number of nitrogens with zero attached hydrogens (tertiary/aromatic N) is 1. The molecule has 0 unspecified atom stereocenters. The van der Waals surface area contributed by atoms with E-state index in [9.17, 15) is 14.0 Å². The predicted molar refractivity (Wildman–Crippen MR) is 105 cm³/mol. The maximum atomic E-state index is 14.7. The molecule has 2 heterocycles. The topological polar surface area (TPSA) is 61.4 Å². The van der Waals surface area contributed by atoms with E-state index in [-0.39, 0.29) is 35.7 Å². The van der Waals surface area contributed by atoms with E-state index in [2.05, 4.69) is 10.6 Å². The van der Waals surface area contributed by atoms with Crippen LogP contribution >= 0.6 is 12.4 Å². The Morgan fingerprint density at radius 1 is 1.19 bits per heavy atom. The summed E-state index contributed by atoms with van der Waals surface area (Å²) in [6, 6.07) is 10.3. The zero-order chi connectivity index (χ0) is 18.1. The van der Waals surface area contributed by atoms with E-state index in [4.69, 9.17) is 0 Å². The van der Waals surface area contributed by atoms with Crippen molar-refractivity contribution in [3.63, 3.8) is 0 Å². The monoisotopic (exact) mass is 389 g/mol. The number of halogens is 2. The van der Waals surface area contributed by atoms with Gasteiger partial charge in [0.15, 0.2) is 0 Å². The SMILES string of the molecule is Cl.O=C(Nc1ccc2c(c1F)CCNC2)c1cccc(N2CCCC2=O)c1. The average Bonchev–Trinajstić information content (AvgIpc) is 3.10. The maximum absolute atomic E-state index is 14.7. The van der Waals surface area contributed by atoms with Crippen LogP contribution in [0.4, 0.5) is 15.8 Å². The number of benzene rings is 2. The van der Waals surface area contributed by atoms with Crippen molar-refractivity contribution < 1.29 is 14.0 Å². The lowest BCUT2D eigenvalue weighted by Crippen LogP contribution is -2.25. The minimum atomic E-state index is -0.383. The molecule has 0 bridgehead atoms. The first-order valence-corrected chi connectivity index (χ1v) is 8.86. The average molecular weight is 390 g/mol. The van der Waals surface area contributed by atoms with Gasteiger partial charge >= 0.3 is 0 Å². The number of amides is 2. The van der Waals surface area contributed by atoms with Crippen LogP contribution in [0.15, 0.2) is 36.4 Å². The van der Waals surface area contributed by atoms with Gasteiger partial charge in [-0.3, -0.25) is 9.59 Å². The van der Waals surface area contributed by atoms with Crippen molar-refractivity contribution in [2.24, 2.45) is 0 Å². The molecule has 0 radical (unpaired) electrons. The van der Waals surface area contributed by atoms with E-state index >= 15 is 0 Å². The fourth-order valence-electron chi connectivity index (χ4n) is 3.56. The first-order chi connectivity index (χ1) is 12.6. The highest BCUT2D eigenvalue weighted by Gasteiger charge is 2.23. The fourth-order valence-corrected chi connectivity index (χ4v) is 3.56. The number of anilines is 2. The highest BCUT2D eigenvalue weighted by atomic mass is 35.5. The van der Waals surface area contributed by atoms with E-state index in [0.29, 0.717) is 42.7 Å². The van der Waals surface area contributed by atoms with E-state index in [1.807, 2.05) is 12.1 Å². The molecule has 2 aliphatic rings. The molecule has 142 valence electrons. The standard InChI is InChI=1S/C20H20FN3O2.ClH/c21-19-16-8-9-22-12-14(16)6-7-17(19)23-20(26)13-3-1-4-15(11-13)24-10-2-5-18(24)25;/h1,3-4,6-7,11,22H,2,5,8-10,12H2,(H,23,26);1H. The molecular formula is C20H21ClFN3O2. The molecular weight excluding hydrogens is 369 g/mol. The predicted octanol–water partition coefficient (Wildman–Crippen LogP) is 3.27. The molecule has 0 atom stereocenters. The van der Waals surface area contributed by atoms with Gasteiger partial charge in [-0.1, -0.05) is 12.1 Å². The number of nitrogens with one attached hydrogen (secondary N) is 2. The normalized spacial score (nSPS) is 15.9. The van der Waals surface area contributed by atoms with Crippen LogP contribution in [0, 0.1) is 5.82 Å². The van der Waals surface area contributed by atoms with Gasteiger partial charge in [-0.2, -0.15) is 0 Å². The van der Waals surface area contributed by atoms with Crippen molar-refractivity contribution >= 4 is 35.6 Å². The van der Waals surface area contributed by atoms with E-state index in [1.54, 1.807) is 29.2 Å². The summed E-state index contributed by atoms with van der Waals surface area (Å²) < 4.78 is 14.7. The van der Waals surface area contributed by atoms with E-state index < -0.39 is 0 Å². The third kappa shape index (κ3) is 3.82. The molecule has 0 aliphatic carbocycles. The maximum Gasteiger partial charge on any atom is 0.255 e. The quantitative estimate of drug-likeness (QED) is 0.847. The Hall–Kier alpha value is -2.44. The zero-order valence-corrected chi connectivity index (χ0v) is 15.6. The first kappa shape index (κ1) is 19.3. The van der Waals surface area contributed by atoms with Gasteiger partial charge in [-0.25, -0.2) is 4.39 Å². The van der Waals surface area contributed by atoms with Gasteiger partial charge in [0, 0.05) is 30.8 Å². The van der Waals surface area contributed by atoms with E-state index in [1.165, 1.54) is 0 Å². The number of carbonyl (C=O) groups is 2. The van der Waals surface area contributed by atoms with Crippen LogP contribution in [0.5, 0.6) is 0 Å². The first-order valence-electron chi connectivity index (χ1n) is 8.86. The van der Waals surface area contributed by atoms with Gasteiger partial charge in [0.05, 0.1) is 5.69 Å². The summed E-state index contributed by atoms with van der Waals surface area (Å²) >= 11 is 0. The van der Waals surface area contributed by atoms with Crippen molar-refractivity contribution in [2.45, 2.75) is 25.8 Å². The molecule has 5 nitrogen and oxygen atoms in total. The summed E-state index contributed by atoms with van der Waals surface area (Å²) in [4.78, 5) is 26.2. The van der Waals surface area contributed by atoms with Crippen LogP contribution in [0.25, 0.3) is 0 Å². The summed E-state index contributed by atoms with van der Waals surface area (Å²) in [6.45, 7) is 2.04. The Balaban J connectivity index is 0.00000210. The largest absolute Gasteiger partial charge is 0.319 e. The molecule has 4 rings (SSSR count). The van der Waals surface area contributed by atoms with Crippen molar-refractivity contribution in [1.29, 1.82) is 0 Å². The number of hydrogen-bond acceptors (Lipinski definition) is 3. The zero-order valence-electron chi connectivity index (χ0n) is 14.8. The second-order valence-electron chi connectivity index (χ2n) is 6.64. The molecule has 0 saturated carbocycles. The number of hydrogen-bond donors (Lipinski definition) is 2. The Bertz CT molecular complexity index is 888. The van der Waals surface area contributed by atoms with Crippen molar-refractivity contribution in [2.75, 3.05) is 23.3 Å². The second kappa shape index (κ2) is 8.06. The molecule has 2 N–H and O–H groups in total. The Kier molecular flexibility index (Phi) is 5.77. The van der Waals surface area contributed by atoms with Gasteiger partial charge < -0.3 is 15.5 Å². The van der Waals surface area contributed by atoms with Gasteiger partial charge in [-0.15, -0.1) is 12.4 Å². The van der Waals surface area contributed by atoms with Crippen molar-refractivity contribution in [1.82, 2.24) is 5.32 Å². The van der Waals surface area contributed by atoms with Gasteiger partial charge in [0.1, 0.15) is 5.82 Å². The van der Waals surface area contributed by atoms with Crippen LogP contribution < -0.4 is 15.5 Å². The molecule has 2 aromatic carbocycles. The van der Waals surface area contributed by atoms with Crippen LogP contribution in [0.1, 0.15) is 34.3 Å². The van der Waals surface area contributed by atoms with Crippen LogP contribution in [-0.4, -0.2) is 24.9 Å². The lowest BCUT2D eigenvalue weighted by atomic mass is 9.99. The van der Waals surface area contributed by atoms with Gasteiger partial charge in [0.25, 0.3) is 5.91 Å². The minimum Gasteiger partial charge on any atom is -0.319 e. The summed E-state index contributed by atoms with van der Waals surface area (Å²) in [6.07, 6.45) is 1.97. The Morgan fingerprint density at radius 2 is 2.04 bits per heavy atom. The third-order valence-electron chi connectivity index (χ3n) is 4.95. The molecule has 27 heavy (non-hydrogen) atoms.